The molecule has 1 aromatic heterocycles. The largest absolute Gasteiger partial charge is 0.338 e. The maximum atomic E-state index is 5.60. The van der Waals surface area contributed by atoms with Gasteiger partial charge in [-0.3, -0.25) is 4.90 Å². The number of halogens is 1. The van der Waals surface area contributed by atoms with Gasteiger partial charge in [0.1, 0.15) is 5.88 Å². The Morgan fingerprint density at radius 2 is 2.57 bits per heavy atom. The predicted molar refractivity (Wildman–Crippen MR) is 56.6 cm³/mol. The maximum Gasteiger partial charge on any atom is 0.241 e. The lowest BCUT2D eigenvalue weighted by atomic mass is 10.3. The number of aromatic nitrogens is 2. The molecule has 14 heavy (non-hydrogen) atoms. The van der Waals surface area contributed by atoms with Crippen LogP contribution in [0.2, 0.25) is 0 Å². The Kier molecular flexibility index (Phi) is 3.30. The molecule has 1 aliphatic rings. The number of alkyl halides is 1. The molecular formula is C8H12ClN3OS. The van der Waals surface area contributed by atoms with Crippen LogP contribution >= 0.6 is 23.4 Å². The molecule has 0 spiro atoms. The van der Waals surface area contributed by atoms with Gasteiger partial charge in [0.15, 0.2) is 5.82 Å². The molecule has 1 atom stereocenters. The van der Waals surface area contributed by atoms with E-state index in [0.29, 0.717) is 5.89 Å². The van der Waals surface area contributed by atoms with Gasteiger partial charge in [-0.1, -0.05) is 5.16 Å². The van der Waals surface area contributed by atoms with Crippen molar-refractivity contribution in [2.24, 2.45) is 0 Å². The highest BCUT2D eigenvalue weighted by atomic mass is 35.5. The van der Waals surface area contributed by atoms with Crippen LogP contribution in [-0.4, -0.2) is 40.1 Å². The van der Waals surface area contributed by atoms with E-state index in [9.17, 15) is 0 Å². The molecule has 1 fully saturated rings. The lowest BCUT2D eigenvalue weighted by Crippen LogP contribution is -2.33. The molecule has 2 heterocycles. The minimum absolute atomic E-state index is 0.273. The Bertz CT molecular complexity index is 307. The molecule has 1 aliphatic heterocycles. The summed E-state index contributed by atoms with van der Waals surface area (Å²) in [6.07, 6.45) is 0. The van der Waals surface area contributed by atoms with Gasteiger partial charge in [0.05, 0.1) is 6.04 Å². The molecule has 0 bridgehead atoms. The van der Waals surface area contributed by atoms with E-state index in [-0.39, 0.29) is 11.9 Å². The summed E-state index contributed by atoms with van der Waals surface area (Å²) in [6, 6.07) is 0.273. The first kappa shape index (κ1) is 10.3. The second-order valence-corrected chi connectivity index (χ2v) is 4.67. The maximum absolute atomic E-state index is 5.60. The van der Waals surface area contributed by atoms with Crippen molar-refractivity contribution in [1.82, 2.24) is 15.0 Å². The summed E-state index contributed by atoms with van der Waals surface area (Å²) in [5.41, 5.74) is 0. The molecule has 1 unspecified atom stereocenters. The lowest BCUT2D eigenvalue weighted by Gasteiger charge is -2.29. The molecule has 6 heteroatoms. The van der Waals surface area contributed by atoms with Crippen molar-refractivity contribution in [2.45, 2.75) is 11.9 Å². The standard InChI is InChI=1S/C8H12ClN3OS/c1-12-2-3-14-5-6(12)8-10-7(4-9)13-11-8/h6H,2-5H2,1H3. The highest BCUT2D eigenvalue weighted by Gasteiger charge is 2.25. The molecule has 0 aromatic carbocycles. The zero-order chi connectivity index (χ0) is 9.97. The van der Waals surface area contributed by atoms with Gasteiger partial charge in [0, 0.05) is 18.1 Å². The third-order valence-electron chi connectivity index (χ3n) is 2.29. The number of hydrogen-bond acceptors (Lipinski definition) is 5. The van der Waals surface area contributed by atoms with Crippen molar-refractivity contribution >= 4 is 23.4 Å². The van der Waals surface area contributed by atoms with Crippen LogP contribution in [0, 0.1) is 0 Å². The first-order chi connectivity index (χ1) is 6.81. The fourth-order valence-electron chi connectivity index (χ4n) is 1.42. The average Bonchev–Trinajstić information content (AvgIpc) is 2.67. The number of nitrogens with zero attached hydrogens (tertiary/aromatic N) is 3. The van der Waals surface area contributed by atoms with Crippen LogP contribution in [-0.2, 0) is 5.88 Å². The monoisotopic (exact) mass is 233 g/mol. The van der Waals surface area contributed by atoms with E-state index in [0.717, 1.165) is 18.1 Å². The first-order valence-electron chi connectivity index (χ1n) is 4.47. The fraction of sp³-hybridized carbons (Fsp3) is 0.750. The summed E-state index contributed by atoms with van der Waals surface area (Å²) in [7, 11) is 2.08. The van der Waals surface area contributed by atoms with Crippen LogP contribution in [0.3, 0.4) is 0 Å². The number of rotatable bonds is 2. The van der Waals surface area contributed by atoms with E-state index in [1.165, 1.54) is 5.75 Å². The van der Waals surface area contributed by atoms with Crippen LogP contribution in [0.25, 0.3) is 0 Å². The molecule has 1 aromatic rings. The van der Waals surface area contributed by atoms with Gasteiger partial charge >= 0.3 is 0 Å². The second kappa shape index (κ2) is 4.51. The molecule has 0 aliphatic carbocycles. The van der Waals surface area contributed by atoms with Crippen LogP contribution in [0.5, 0.6) is 0 Å². The van der Waals surface area contributed by atoms with Crippen molar-refractivity contribution in [2.75, 3.05) is 25.1 Å². The van der Waals surface area contributed by atoms with Gasteiger partial charge in [-0.15, -0.1) is 11.6 Å². The van der Waals surface area contributed by atoms with Gasteiger partial charge in [-0.25, -0.2) is 0 Å². The fourth-order valence-corrected chi connectivity index (χ4v) is 2.74. The Hall–Kier alpha value is -0.260. The second-order valence-electron chi connectivity index (χ2n) is 3.25. The normalized spacial score (nSPS) is 24.0. The van der Waals surface area contributed by atoms with Gasteiger partial charge < -0.3 is 4.52 Å². The number of hydrogen-bond donors (Lipinski definition) is 0. The minimum atomic E-state index is 0.273. The van der Waals surface area contributed by atoms with Crippen molar-refractivity contribution in [3.63, 3.8) is 0 Å². The van der Waals surface area contributed by atoms with Gasteiger partial charge in [0.2, 0.25) is 5.89 Å². The molecule has 0 N–H and O–H groups in total. The Morgan fingerprint density at radius 1 is 1.71 bits per heavy atom. The molecular weight excluding hydrogens is 222 g/mol. The lowest BCUT2D eigenvalue weighted by molar-refractivity contribution is 0.256. The average molecular weight is 234 g/mol. The van der Waals surface area contributed by atoms with Crippen LogP contribution in [0.15, 0.2) is 4.52 Å². The Labute approximate surface area is 92.0 Å². The predicted octanol–water partition coefficient (Wildman–Crippen LogP) is 1.53. The van der Waals surface area contributed by atoms with E-state index in [1.807, 2.05) is 11.8 Å². The smallest absolute Gasteiger partial charge is 0.241 e. The van der Waals surface area contributed by atoms with Crippen LogP contribution < -0.4 is 0 Å². The minimum Gasteiger partial charge on any atom is -0.338 e. The highest BCUT2D eigenvalue weighted by molar-refractivity contribution is 7.99. The zero-order valence-corrected chi connectivity index (χ0v) is 9.51. The Balaban J connectivity index is 2.12. The van der Waals surface area contributed by atoms with E-state index in [1.54, 1.807) is 0 Å². The summed E-state index contributed by atoms with van der Waals surface area (Å²) in [5.74, 6) is 3.75. The van der Waals surface area contributed by atoms with Gasteiger partial charge in [-0.05, 0) is 7.05 Å². The first-order valence-corrected chi connectivity index (χ1v) is 6.16. The van der Waals surface area contributed by atoms with Gasteiger partial charge in [0.25, 0.3) is 0 Å². The third-order valence-corrected chi connectivity index (χ3v) is 3.54. The highest BCUT2D eigenvalue weighted by Crippen LogP contribution is 2.26. The van der Waals surface area contributed by atoms with Crippen molar-refractivity contribution in [3.8, 4) is 0 Å². The third kappa shape index (κ3) is 2.04. The molecule has 0 saturated carbocycles. The van der Waals surface area contributed by atoms with E-state index in [2.05, 4.69) is 22.1 Å². The molecule has 1 saturated heterocycles. The quantitative estimate of drug-likeness (QED) is 0.725. The zero-order valence-electron chi connectivity index (χ0n) is 7.94. The summed E-state index contributed by atoms with van der Waals surface area (Å²) in [6.45, 7) is 1.07. The summed E-state index contributed by atoms with van der Waals surface area (Å²) in [4.78, 5) is 6.49. The topological polar surface area (TPSA) is 42.2 Å². The number of thioether (sulfide) groups is 1. The van der Waals surface area contributed by atoms with E-state index >= 15 is 0 Å². The molecule has 2 rings (SSSR count). The summed E-state index contributed by atoms with van der Waals surface area (Å²) >= 11 is 7.52. The van der Waals surface area contributed by atoms with E-state index in [4.69, 9.17) is 16.1 Å². The van der Waals surface area contributed by atoms with Crippen molar-refractivity contribution < 1.29 is 4.52 Å². The van der Waals surface area contributed by atoms with Crippen molar-refractivity contribution in [3.05, 3.63) is 11.7 Å². The SMILES string of the molecule is CN1CCSCC1c1noc(CCl)n1. The van der Waals surface area contributed by atoms with Crippen molar-refractivity contribution in [1.29, 1.82) is 0 Å². The van der Waals surface area contributed by atoms with Crippen LogP contribution in [0.1, 0.15) is 17.8 Å². The molecule has 0 radical (unpaired) electrons. The summed E-state index contributed by atoms with van der Waals surface area (Å²) < 4.78 is 4.99. The molecule has 0 amide bonds. The molecule has 78 valence electrons. The van der Waals surface area contributed by atoms with Gasteiger partial charge in [-0.2, -0.15) is 16.7 Å². The Morgan fingerprint density at radius 3 is 3.21 bits per heavy atom. The van der Waals surface area contributed by atoms with Crippen LogP contribution in [0.4, 0.5) is 0 Å². The molecule has 4 nitrogen and oxygen atoms in total. The van der Waals surface area contributed by atoms with E-state index < -0.39 is 0 Å². The summed E-state index contributed by atoms with van der Waals surface area (Å²) in [5, 5.41) is 3.94.